The van der Waals surface area contributed by atoms with E-state index in [0.29, 0.717) is 23.5 Å². The molecule has 0 amide bonds. The first-order chi connectivity index (χ1) is 15.3. The van der Waals surface area contributed by atoms with Crippen molar-refractivity contribution in [3.63, 3.8) is 0 Å². The first-order valence-corrected chi connectivity index (χ1v) is 13.4. The molecule has 5 aliphatic rings. The number of hydrogen-bond donors (Lipinski definition) is 2. The standard InChI is InChI=1S/C29H41NO2/c1-17-10-18-12-19(11-17)16-28(2,15-18)25-14-23-20(13-26(25)31)4-5-22-21(23)8-9-29(3)24(22)6-7-27(29)30-32/h13-14,17-19,21-22,24,31-32H,4-12,15-16H2,1-3H3/b30-27+/t17?,18?,19?,21?,22?,24?,28?,29-/m0/s1. The van der Waals surface area contributed by atoms with Gasteiger partial charge in [-0.05, 0) is 129 Å². The smallest absolute Gasteiger partial charge is 0.119 e. The lowest BCUT2D eigenvalue weighted by atomic mass is 9.54. The van der Waals surface area contributed by atoms with Gasteiger partial charge in [0.1, 0.15) is 5.75 Å². The molecule has 174 valence electrons. The molecule has 2 N–H and O–H groups in total. The van der Waals surface area contributed by atoms with Crippen molar-refractivity contribution >= 4 is 5.71 Å². The number of benzene rings is 1. The molecule has 5 unspecified atom stereocenters. The maximum atomic E-state index is 11.2. The number of fused-ring (bicyclic) bond motifs is 7. The molecule has 3 nitrogen and oxygen atoms in total. The van der Waals surface area contributed by atoms with Crippen LogP contribution in [-0.4, -0.2) is 16.0 Å². The van der Waals surface area contributed by atoms with Crippen molar-refractivity contribution in [1.82, 2.24) is 0 Å². The summed E-state index contributed by atoms with van der Waals surface area (Å²) in [6.45, 7) is 7.24. The highest BCUT2D eigenvalue weighted by atomic mass is 16.4. The fourth-order valence-corrected chi connectivity index (χ4v) is 9.85. The molecular formula is C29H41NO2. The lowest BCUT2D eigenvalue weighted by Crippen LogP contribution is -2.43. The van der Waals surface area contributed by atoms with Crippen LogP contribution in [-0.2, 0) is 11.8 Å². The third kappa shape index (κ3) is 3.02. The van der Waals surface area contributed by atoms with Crippen LogP contribution in [0.25, 0.3) is 0 Å². The normalized spacial score (nSPS) is 46.4. The Labute approximate surface area is 193 Å². The van der Waals surface area contributed by atoms with Gasteiger partial charge in [-0.25, -0.2) is 0 Å². The highest BCUT2D eigenvalue weighted by molar-refractivity contribution is 5.92. The summed E-state index contributed by atoms with van der Waals surface area (Å²) in [6, 6.07) is 4.63. The van der Waals surface area contributed by atoms with Gasteiger partial charge < -0.3 is 10.3 Å². The topological polar surface area (TPSA) is 52.8 Å². The maximum absolute atomic E-state index is 11.2. The van der Waals surface area contributed by atoms with Crippen LogP contribution in [0.5, 0.6) is 5.75 Å². The third-order valence-electron chi connectivity index (χ3n) is 11.0. The predicted molar refractivity (Wildman–Crippen MR) is 129 cm³/mol. The van der Waals surface area contributed by atoms with Gasteiger partial charge in [-0.3, -0.25) is 0 Å². The number of rotatable bonds is 1. The number of phenols is 1. The van der Waals surface area contributed by atoms with Crippen molar-refractivity contribution in [2.24, 2.45) is 40.2 Å². The van der Waals surface area contributed by atoms with E-state index in [9.17, 15) is 10.3 Å². The molecule has 6 rings (SSSR count). The van der Waals surface area contributed by atoms with Gasteiger partial charge in [-0.1, -0.05) is 32.0 Å². The molecule has 0 heterocycles. The van der Waals surface area contributed by atoms with E-state index in [1.807, 2.05) is 0 Å². The van der Waals surface area contributed by atoms with E-state index in [-0.39, 0.29) is 10.8 Å². The van der Waals surface area contributed by atoms with Crippen LogP contribution in [0.4, 0.5) is 0 Å². The van der Waals surface area contributed by atoms with Crippen molar-refractivity contribution < 1.29 is 10.3 Å². The van der Waals surface area contributed by atoms with Gasteiger partial charge in [-0.2, -0.15) is 0 Å². The minimum absolute atomic E-state index is 0.0939. The van der Waals surface area contributed by atoms with Crippen molar-refractivity contribution in [3.05, 3.63) is 28.8 Å². The van der Waals surface area contributed by atoms with Crippen LogP contribution in [0.15, 0.2) is 17.3 Å². The first-order valence-electron chi connectivity index (χ1n) is 13.4. The summed E-state index contributed by atoms with van der Waals surface area (Å²) in [6.07, 6.45) is 13.4. The lowest BCUT2D eigenvalue weighted by Gasteiger charge is -2.50. The molecule has 2 bridgehead atoms. The van der Waals surface area contributed by atoms with E-state index in [0.717, 1.165) is 42.7 Å². The van der Waals surface area contributed by atoms with Gasteiger partial charge in [0.25, 0.3) is 0 Å². The Morgan fingerprint density at radius 1 is 0.969 bits per heavy atom. The Morgan fingerprint density at radius 2 is 1.72 bits per heavy atom. The van der Waals surface area contributed by atoms with Gasteiger partial charge in [0.15, 0.2) is 0 Å². The summed E-state index contributed by atoms with van der Waals surface area (Å²) in [5, 5.41) is 24.6. The summed E-state index contributed by atoms with van der Waals surface area (Å²) in [5.41, 5.74) is 5.46. The number of oxime groups is 1. The molecule has 0 spiro atoms. The lowest BCUT2D eigenvalue weighted by molar-refractivity contribution is 0.0868. The van der Waals surface area contributed by atoms with Crippen LogP contribution in [0, 0.1) is 35.0 Å². The fourth-order valence-electron chi connectivity index (χ4n) is 9.85. The monoisotopic (exact) mass is 435 g/mol. The van der Waals surface area contributed by atoms with Crippen LogP contribution < -0.4 is 0 Å². The molecule has 0 aliphatic heterocycles. The van der Waals surface area contributed by atoms with Crippen LogP contribution in [0.3, 0.4) is 0 Å². The van der Waals surface area contributed by atoms with E-state index >= 15 is 0 Å². The van der Waals surface area contributed by atoms with Gasteiger partial charge in [0, 0.05) is 11.0 Å². The summed E-state index contributed by atoms with van der Waals surface area (Å²) >= 11 is 0. The minimum atomic E-state index is 0.0939. The Bertz CT molecular complexity index is 933. The van der Waals surface area contributed by atoms with Gasteiger partial charge >= 0.3 is 0 Å². The Balaban J connectivity index is 1.35. The number of nitrogens with zero attached hydrogens (tertiary/aromatic N) is 1. The number of aryl methyl sites for hydroxylation is 1. The van der Waals surface area contributed by atoms with E-state index < -0.39 is 0 Å². The molecule has 1 aromatic carbocycles. The van der Waals surface area contributed by atoms with Gasteiger partial charge in [0.05, 0.1) is 5.71 Å². The molecule has 4 fully saturated rings. The Morgan fingerprint density at radius 3 is 2.44 bits per heavy atom. The van der Waals surface area contributed by atoms with E-state index in [1.54, 1.807) is 5.56 Å². The maximum Gasteiger partial charge on any atom is 0.119 e. The average molecular weight is 436 g/mol. The zero-order chi connectivity index (χ0) is 22.3. The SMILES string of the molecule is CC1CC2CC(C1)CC(C)(c1cc3c(cc1O)CCC1C3CC[C@]3(C)/C(=N/O)CCC13)C2. The summed E-state index contributed by atoms with van der Waals surface area (Å²) in [7, 11) is 0. The number of aromatic hydroxyl groups is 1. The zero-order valence-electron chi connectivity index (χ0n) is 20.2. The average Bonchev–Trinajstić information content (AvgIpc) is 3.08. The largest absolute Gasteiger partial charge is 0.508 e. The van der Waals surface area contributed by atoms with Gasteiger partial charge in [-0.15, -0.1) is 0 Å². The zero-order valence-corrected chi connectivity index (χ0v) is 20.2. The third-order valence-corrected chi connectivity index (χ3v) is 11.0. The summed E-state index contributed by atoms with van der Waals surface area (Å²) in [4.78, 5) is 0. The Kier molecular flexibility index (Phi) is 4.76. The molecule has 1 aromatic rings. The fraction of sp³-hybridized carbons (Fsp3) is 0.759. The van der Waals surface area contributed by atoms with E-state index in [4.69, 9.17) is 0 Å². The number of phenolic OH excluding ortho intramolecular Hbond substituents is 1. The van der Waals surface area contributed by atoms with Crippen molar-refractivity contribution in [2.75, 3.05) is 0 Å². The van der Waals surface area contributed by atoms with Gasteiger partial charge in [0.2, 0.25) is 0 Å². The second-order valence-corrected chi connectivity index (χ2v) is 13.0. The van der Waals surface area contributed by atoms with Crippen molar-refractivity contribution in [2.45, 2.75) is 103 Å². The molecular weight excluding hydrogens is 394 g/mol. The van der Waals surface area contributed by atoms with E-state index in [2.05, 4.69) is 38.1 Å². The molecule has 32 heavy (non-hydrogen) atoms. The van der Waals surface area contributed by atoms with Crippen molar-refractivity contribution in [3.8, 4) is 5.75 Å². The Hall–Kier alpha value is -1.51. The van der Waals surface area contributed by atoms with Crippen LogP contribution >= 0.6 is 0 Å². The predicted octanol–water partition coefficient (Wildman–Crippen LogP) is 7.18. The molecule has 0 aromatic heterocycles. The molecule has 4 saturated carbocycles. The highest BCUT2D eigenvalue weighted by Crippen LogP contribution is 2.61. The first kappa shape index (κ1) is 21.1. The second kappa shape index (κ2) is 7.24. The summed E-state index contributed by atoms with van der Waals surface area (Å²) < 4.78 is 0. The second-order valence-electron chi connectivity index (χ2n) is 13.0. The molecule has 3 heteroatoms. The molecule has 5 aliphatic carbocycles. The quantitative estimate of drug-likeness (QED) is 0.362. The van der Waals surface area contributed by atoms with Crippen molar-refractivity contribution in [1.29, 1.82) is 0 Å². The highest BCUT2D eigenvalue weighted by Gasteiger charge is 2.54. The number of hydrogen-bond acceptors (Lipinski definition) is 3. The molecule has 0 saturated heterocycles. The molecule has 0 radical (unpaired) electrons. The molecule has 6 atom stereocenters. The van der Waals surface area contributed by atoms with E-state index in [1.165, 1.54) is 62.5 Å². The van der Waals surface area contributed by atoms with Crippen LogP contribution in [0.1, 0.15) is 108 Å². The summed E-state index contributed by atoms with van der Waals surface area (Å²) in [5.74, 6) is 5.04. The van der Waals surface area contributed by atoms with Crippen LogP contribution in [0.2, 0.25) is 0 Å². The minimum Gasteiger partial charge on any atom is -0.508 e.